The summed E-state index contributed by atoms with van der Waals surface area (Å²) in [5.74, 6) is 5.72. The summed E-state index contributed by atoms with van der Waals surface area (Å²) in [7, 11) is 1.63. The Bertz CT molecular complexity index is 388. The third kappa shape index (κ3) is 5.69. The molecular weight excluding hydrogens is 232 g/mol. The normalized spacial score (nSPS) is 11.5. The van der Waals surface area contributed by atoms with Crippen LogP contribution in [0, 0.1) is 11.8 Å². The van der Waals surface area contributed by atoms with Crippen molar-refractivity contribution in [2.24, 2.45) is 0 Å². The van der Waals surface area contributed by atoms with Gasteiger partial charge in [0.25, 0.3) is 0 Å². The Morgan fingerprint density at radius 3 is 2.61 bits per heavy atom. The van der Waals surface area contributed by atoms with E-state index in [1.807, 2.05) is 24.3 Å². The minimum absolute atomic E-state index is 0.232. The maximum atomic E-state index is 9.36. The lowest BCUT2D eigenvalue weighted by molar-refractivity contribution is 0.0906. The zero-order chi connectivity index (χ0) is 13.2. The first-order valence-corrected chi connectivity index (χ1v) is 5.74. The zero-order valence-electron chi connectivity index (χ0n) is 10.4. The van der Waals surface area contributed by atoms with Gasteiger partial charge in [-0.25, -0.2) is 0 Å². The average molecular weight is 250 g/mol. The van der Waals surface area contributed by atoms with Crippen molar-refractivity contribution in [1.82, 2.24) is 0 Å². The first-order chi connectivity index (χ1) is 8.76. The molecule has 0 saturated carbocycles. The quantitative estimate of drug-likeness (QED) is 0.583. The lowest BCUT2D eigenvalue weighted by atomic mass is 10.2. The van der Waals surface area contributed by atoms with Crippen LogP contribution in [0.3, 0.4) is 0 Å². The van der Waals surface area contributed by atoms with Crippen LogP contribution in [0.1, 0.15) is 12.0 Å². The van der Waals surface area contributed by atoms with E-state index in [0.717, 1.165) is 11.3 Å². The van der Waals surface area contributed by atoms with Crippen LogP contribution < -0.4 is 4.74 Å². The number of ether oxygens (including phenoxy) is 2. The highest BCUT2D eigenvalue weighted by Crippen LogP contribution is 2.11. The Hall–Kier alpha value is -1.54. The third-order valence-corrected chi connectivity index (χ3v) is 2.31. The predicted molar refractivity (Wildman–Crippen MR) is 68.1 cm³/mol. The first-order valence-electron chi connectivity index (χ1n) is 5.74. The minimum Gasteiger partial charge on any atom is -0.497 e. The average Bonchev–Trinajstić information content (AvgIpc) is 2.42. The van der Waals surface area contributed by atoms with Crippen LogP contribution in [-0.2, 0) is 11.3 Å². The van der Waals surface area contributed by atoms with Gasteiger partial charge >= 0.3 is 0 Å². The van der Waals surface area contributed by atoms with Gasteiger partial charge in [0.2, 0.25) is 0 Å². The van der Waals surface area contributed by atoms with Gasteiger partial charge in [-0.1, -0.05) is 24.0 Å². The number of hydrogen-bond donors (Lipinski definition) is 2. The second kappa shape index (κ2) is 8.54. The summed E-state index contributed by atoms with van der Waals surface area (Å²) in [5.41, 5.74) is 1.05. The van der Waals surface area contributed by atoms with Crippen LogP contribution in [0.25, 0.3) is 0 Å². The largest absolute Gasteiger partial charge is 0.497 e. The number of benzene rings is 1. The highest BCUT2D eigenvalue weighted by atomic mass is 16.5. The van der Waals surface area contributed by atoms with Crippen LogP contribution >= 0.6 is 0 Å². The molecule has 0 fully saturated rings. The molecule has 1 aromatic rings. The minimum atomic E-state index is -0.743. The van der Waals surface area contributed by atoms with E-state index in [1.165, 1.54) is 0 Å². The number of aliphatic hydroxyl groups excluding tert-OH is 2. The SMILES string of the molecule is COc1ccc(COCC[C@H](O)C#CCO)cc1. The van der Waals surface area contributed by atoms with Gasteiger partial charge in [0.05, 0.1) is 20.3 Å². The molecule has 0 aliphatic heterocycles. The molecule has 0 aromatic heterocycles. The summed E-state index contributed by atoms with van der Waals surface area (Å²) in [4.78, 5) is 0. The smallest absolute Gasteiger partial charge is 0.118 e. The summed E-state index contributed by atoms with van der Waals surface area (Å²) in [6.07, 6.45) is -0.309. The van der Waals surface area contributed by atoms with E-state index in [2.05, 4.69) is 11.8 Å². The van der Waals surface area contributed by atoms with Crippen molar-refractivity contribution in [3.05, 3.63) is 29.8 Å². The van der Waals surface area contributed by atoms with Crippen LogP contribution in [0.4, 0.5) is 0 Å². The standard InChI is InChI=1S/C14H18O4/c1-17-14-6-4-12(5-7-14)11-18-10-8-13(16)3-2-9-15/h4-7,13,15-16H,8-11H2,1H3/t13-/m1/s1. The van der Waals surface area contributed by atoms with E-state index >= 15 is 0 Å². The predicted octanol–water partition coefficient (Wildman–Crippen LogP) is 0.958. The van der Waals surface area contributed by atoms with E-state index in [-0.39, 0.29) is 6.61 Å². The number of methoxy groups -OCH3 is 1. The Morgan fingerprint density at radius 2 is 2.00 bits per heavy atom. The molecule has 4 nitrogen and oxygen atoms in total. The summed E-state index contributed by atoms with van der Waals surface area (Å²) >= 11 is 0. The van der Waals surface area contributed by atoms with Crippen LogP contribution in [0.15, 0.2) is 24.3 Å². The molecule has 4 heteroatoms. The van der Waals surface area contributed by atoms with Crippen LogP contribution in [0.5, 0.6) is 5.75 Å². The number of aliphatic hydroxyl groups is 2. The van der Waals surface area contributed by atoms with Gasteiger partial charge in [-0.05, 0) is 17.7 Å². The van der Waals surface area contributed by atoms with Gasteiger partial charge in [-0.15, -0.1) is 0 Å². The fourth-order valence-electron chi connectivity index (χ4n) is 1.34. The van der Waals surface area contributed by atoms with E-state index in [9.17, 15) is 5.11 Å². The van der Waals surface area contributed by atoms with Gasteiger partial charge in [0.15, 0.2) is 0 Å². The molecule has 1 rings (SSSR count). The molecule has 18 heavy (non-hydrogen) atoms. The molecule has 0 aliphatic rings. The van der Waals surface area contributed by atoms with Crippen molar-refractivity contribution in [2.75, 3.05) is 20.3 Å². The van der Waals surface area contributed by atoms with Crippen LogP contribution in [-0.4, -0.2) is 36.6 Å². The molecule has 0 amide bonds. The van der Waals surface area contributed by atoms with Gasteiger partial charge in [-0.3, -0.25) is 0 Å². The van der Waals surface area contributed by atoms with Crippen molar-refractivity contribution in [3.63, 3.8) is 0 Å². The molecule has 0 heterocycles. The summed E-state index contributed by atoms with van der Waals surface area (Å²) in [6, 6.07) is 7.61. The Morgan fingerprint density at radius 1 is 1.28 bits per heavy atom. The highest BCUT2D eigenvalue weighted by molar-refractivity contribution is 5.26. The molecule has 0 saturated heterocycles. The molecule has 0 unspecified atom stereocenters. The molecule has 0 radical (unpaired) electrons. The van der Waals surface area contributed by atoms with Crippen LogP contribution in [0.2, 0.25) is 0 Å². The molecule has 1 aromatic carbocycles. The van der Waals surface area contributed by atoms with Crippen molar-refractivity contribution in [2.45, 2.75) is 19.1 Å². The molecule has 0 aliphatic carbocycles. The highest BCUT2D eigenvalue weighted by Gasteiger charge is 1.99. The first kappa shape index (κ1) is 14.5. The van der Waals surface area contributed by atoms with Gasteiger partial charge in [0, 0.05) is 6.42 Å². The lowest BCUT2D eigenvalue weighted by Gasteiger charge is -2.06. The maximum Gasteiger partial charge on any atom is 0.118 e. The Kier molecular flexibility index (Phi) is 6.89. The summed E-state index contributed by atoms with van der Waals surface area (Å²) in [6.45, 7) is 0.682. The molecule has 1 atom stereocenters. The Labute approximate surface area is 107 Å². The second-order valence-electron chi connectivity index (χ2n) is 3.68. The Balaban J connectivity index is 2.21. The topological polar surface area (TPSA) is 58.9 Å². The zero-order valence-corrected chi connectivity index (χ0v) is 10.4. The second-order valence-corrected chi connectivity index (χ2v) is 3.68. The maximum absolute atomic E-state index is 9.36. The van der Waals surface area contributed by atoms with E-state index in [0.29, 0.717) is 19.6 Å². The van der Waals surface area contributed by atoms with E-state index in [1.54, 1.807) is 7.11 Å². The molecule has 98 valence electrons. The number of hydrogen-bond acceptors (Lipinski definition) is 4. The van der Waals surface area contributed by atoms with E-state index in [4.69, 9.17) is 14.6 Å². The van der Waals surface area contributed by atoms with Gasteiger partial charge in [-0.2, -0.15) is 0 Å². The fraction of sp³-hybridized carbons (Fsp3) is 0.429. The van der Waals surface area contributed by atoms with Gasteiger partial charge < -0.3 is 19.7 Å². The summed E-state index contributed by atoms with van der Waals surface area (Å²) in [5, 5.41) is 17.8. The molecule has 0 bridgehead atoms. The molecule has 2 N–H and O–H groups in total. The third-order valence-electron chi connectivity index (χ3n) is 2.31. The monoisotopic (exact) mass is 250 g/mol. The fourth-order valence-corrected chi connectivity index (χ4v) is 1.34. The molecular formula is C14H18O4. The van der Waals surface area contributed by atoms with Gasteiger partial charge in [0.1, 0.15) is 18.5 Å². The van der Waals surface area contributed by atoms with E-state index < -0.39 is 6.10 Å². The van der Waals surface area contributed by atoms with Crippen molar-refractivity contribution in [1.29, 1.82) is 0 Å². The lowest BCUT2D eigenvalue weighted by Crippen LogP contribution is -2.08. The van der Waals surface area contributed by atoms with Crippen molar-refractivity contribution >= 4 is 0 Å². The van der Waals surface area contributed by atoms with Crippen molar-refractivity contribution in [3.8, 4) is 17.6 Å². The molecule has 0 spiro atoms. The van der Waals surface area contributed by atoms with Crippen molar-refractivity contribution < 1.29 is 19.7 Å². The summed E-state index contributed by atoms with van der Waals surface area (Å²) < 4.78 is 10.5. The number of rotatable bonds is 6.